The van der Waals surface area contributed by atoms with Crippen LogP contribution in [0, 0.1) is 5.41 Å². The minimum absolute atomic E-state index is 0.0699. The Bertz CT molecular complexity index is 486. The summed E-state index contributed by atoms with van der Waals surface area (Å²) in [6, 6.07) is 5.39. The SMILES string of the molecule is COCCC1(CNC(=O)c2cc(OC)ccc2Br)CC1. The molecular formula is C15H20BrNO3. The largest absolute Gasteiger partial charge is 0.497 e. The van der Waals surface area contributed by atoms with E-state index in [2.05, 4.69) is 21.2 Å². The minimum Gasteiger partial charge on any atom is -0.497 e. The van der Waals surface area contributed by atoms with E-state index in [-0.39, 0.29) is 11.3 Å². The number of ether oxygens (including phenoxy) is 2. The molecule has 0 atom stereocenters. The van der Waals surface area contributed by atoms with Crippen molar-refractivity contribution in [1.82, 2.24) is 5.32 Å². The summed E-state index contributed by atoms with van der Waals surface area (Å²) in [6.45, 7) is 1.46. The molecule has 1 aliphatic rings. The van der Waals surface area contributed by atoms with Crippen LogP contribution in [0.1, 0.15) is 29.6 Å². The van der Waals surface area contributed by atoms with Gasteiger partial charge in [-0.05, 0) is 58.8 Å². The Kier molecular flexibility index (Phi) is 5.05. The van der Waals surface area contributed by atoms with E-state index >= 15 is 0 Å². The summed E-state index contributed by atoms with van der Waals surface area (Å²) in [7, 11) is 3.30. The van der Waals surface area contributed by atoms with Gasteiger partial charge in [-0.2, -0.15) is 0 Å². The quantitative estimate of drug-likeness (QED) is 0.829. The second-order valence-electron chi connectivity index (χ2n) is 5.27. The first kappa shape index (κ1) is 15.3. The predicted octanol–water partition coefficient (Wildman–Crippen LogP) is 3.00. The first-order valence-corrected chi connectivity index (χ1v) is 7.50. The van der Waals surface area contributed by atoms with Crippen molar-refractivity contribution < 1.29 is 14.3 Å². The molecular weight excluding hydrogens is 322 g/mol. The maximum atomic E-state index is 12.3. The Morgan fingerprint density at radius 1 is 1.40 bits per heavy atom. The molecule has 2 rings (SSSR count). The van der Waals surface area contributed by atoms with Crippen molar-refractivity contribution >= 4 is 21.8 Å². The first-order valence-electron chi connectivity index (χ1n) is 6.71. The van der Waals surface area contributed by atoms with Gasteiger partial charge in [0.2, 0.25) is 0 Å². The van der Waals surface area contributed by atoms with Crippen molar-refractivity contribution in [2.24, 2.45) is 5.41 Å². The van der Waals surface area contributed by atoms with Crippen molar-refractivity contribution in [1.29, 1.82) is 0 Å². The van der Waals surface area contributed by atoms with Gasteiger partial charge >= 0.3 is 0 Å². The molecule has 0 unspecified atom stereocenters. The maximum absolute atomic E-state index is 12.3. The van der Waals surface area contributed by atoms with Gasteiger partial charge in [0.15, 0.2) is 0 Å². The van der Waals surface area contributed by atoms with Crippen molar-refractivity contribution in [3.8, 4) is 5.75 Å². The van der Waals surface area contributed by atoms with E-state index in [0.29, 0.717) is 17.9 Å². The highest BCUT2D eigenvalue weighted by molar-refractivity contribution is 9.10. The molecule has 4 nitrogen and oxygen atoms in total. The van der Waals surface area contributed by atoms with Crippen LogP contribution in [0.3, 0.4) is 0 Å². The Morgan fingerprint density at radius 3 is 2.75 bits per heavy atom. The Balaban J connectivity index is 1.95. The molecule has 1 N–H and O–H groups in total. The fourth-order valence-electron chi connectivity index (χ4n) is 2.18. The number of amides is 1. The van der Waals surface area contributed by atoms with Gasteiger partial charge in [-0.15, -0.1) is 0 Å². The molecule has 0 saturated heterocycles. The molecule has 1 amide bonds. The highest BCUT2D eigenvalue weighted by Crippen LogP contribution is 2.48. The fraction of sp³-hybridized carbons (Fsp3) is 0.533. The third-order valence-corrected chi connectivity index (χ3v) is 4.53. The Morgan fingerprint density at radius 2 is 2.15 bits per heavy atom. The molecule has 1 saturated carbocycles. The number of halogens is 1. The average molecular weight is 342 g/mol. The summed E-state index contributed by atoms with van der Waals surface area (Å²) in [5.41, 5.74) is 0.851. The van der Waals surface area contributed by atoms with Crippen LogP contribution in [-0.2, 0) is 4.74 Å². The Labute approximate surface area is 128 Å². The number of carbonyl (C=O) groups excluding carboxylic acids is 1. The van der Waals surface area contributed by atoms with Crippen molar-refractivity contribution in [3.05, 3.63) is 28.2 Å². The summed E-state index contributed by atoms with van der Waals surface area (Å²) in [4.78, 5) is 12.3. The number of hydrogen-bond acceptors (Lipinski definition) is 3. The van der Waals surface area contributed by atoms with Crippen molar-refractivity contribution in [2.45, 2.75) is 19.3 Å². The molecule has 0 spiro atoms. The standard InChI is InChI=1S/C15H20BrNO3/c1-19-8-7-15(5-6-15)10-17-14(18)12-9-11(20-2)3-4-13(12)16/h3-4,9H,5-8,10H2,1-2H3,(H,17,18). The van der Waals surface area contributed by atoms with E-state index in [9.17, 15) is 4.79 Å². The molecule has 0 radical (unpaired) electrons. The molecule has 0 heterocycles. The summed E-state index contributed by atoms with van der Waals surface area (Å²) in [5, 5.41) is 3.02. The summed E-state index contributed by atoms with van der Waals surface area (Å²) in [6.07, 6.45) is 3.33. The van der Waals surface area contributed by atoms with Crippen LogP contribution in [-0.4, -0.2) is 33.3 Å². The zero-order valence-electron chi connectivity index (χ0n) is 11.9. The number of methoxy groups -OCH3 is 2. The number of hydrogen-bond donors (Lipinski definition) is 1. The smallest absolute Gasteiger partial charge is 0.252 e. The molecule has 5 heteroatoms. The first-order chi connectivity index (χ1) is 9.60. The zero-order chi connectivity index (χ0) is 14.6. The van der Waals surface area contributed by atoms with E-state index in [1.165, 1.54) is 0 Å². The molecule has 1 fully saturated rings. The van der Waals surface area contributed by atoms with Gasteiger partial charge < -0.3 is 14.8 Å². The third kappa shape index (κ3) is 3.73. The highest BCUT2D eigenvalue weighted by Gasteiger charge is 2.42. The minimum atomic E-state index is -0.0699. The van der Waals surface area contributed by atoms with Gasteiger partial charge in [-0.3, -0.25) is 4.79 Å². The molecule has 1 aromatic rings. The van der Waals surface area contributed by atoms with Crippen LogP contribution in [0.5, 0.6) is 5.75 Å². The number of benzene rings is 1. The molecule has 20 heavy (non-hydrogen) atoms. The van der Waals surface area contributed by atoms with Crippen molar-refractivity contribution in [2.75, 3.05) is 27.4 Å². The third-order valence-electron chi connectivity index (χ3n) is 3.84. The van der Waals surface area contributed by atoms with E-state index in [1.54, 1.807) is 20.3 Å². The number of carbonyl (C=O) groups is 1. The van der Waals surface area contributed by atoms with Crippen LogP contribution in [0.25, 0.3) is 0 Å². The molecule has 1 aromatic carbocycles. The van der Waals surface area contributed by atoms with Crippen LogP contribution in [0.2, 0.25) is 0 Å². The second kappa shape index (κ2) is 6.59. The van der Waals surface area contributed by atoms with Gasteiger partial charge in [0.1, 0.15) is 5.75 Å². The lowest BCUT2D eigenvalue weighted by Gasteiger charge is -2.16. The maximum Gasteiger partial charge on any atom is 0.252 e. The van der Waals surface area contributed by atoms with Gasteiger partial charge in [-0.25, -0.2) is 0 Å². The fourth-order valence-corrected chi connectivity index (χ4v) is 2.61. The van der Waals surface area contributed by atoms with Crippen LogP contribution in [0.4, 0.5) is 0 Å². The topological polar surface area (TPSA) is 47.6 Å². The van der Waals surface area contributed by atoms with Crippen LogP contribution < -0.4 is 10.1 Å². The molecule has 0 bridgehead atoms. The number of rotatable bonds is 7. The van der Waals surface area contributed by atoms with Gasteiger partial charge in [0, 0.05) is 24.7 Å². The van der Waals surface area contributed by atoms with E-state index in [4.69, 9.17) is 9.47 Å². The lowest BCUT2D eigenvalue weighted by Crippen LogP contribution is -2.31. The summed E-state index contributed by atoms with van der Waals surface area (Å²) >= 11 is 3.40. The van der Waals surface area contributed by atoms with E-state index in [0.717, 1.165) is 30.3 Å². The molecule has 0 aliphatic heterocycles. The molecule has 1 aliphatic carbocycles. The number of nitrogens with one attached hydrogen (secondary N) is 1. The predicted molar refractivity (Wildman–Crippen MR) is 81.2 cm³/mol. The van der Waals surface area contributed by atoms with Crippen LogP contribution in [0.15, 0.2) is 22.7 Å². The second-order valence-corrected chi connectivity index (χ2v) is 6.13. The lowest BCUT2D eigenvalue weighted by atomic mass is 10.0. The highest BCUT2D eigenvalue weighted by atomic mass is 79.9. The van der Waals surface area contributed by atoms with Gasteiger partial charge in [0.25, 0.3) is 5.91 Å². The summed E-state index contributed by atoms with van der Waals surface area (Å²) < 4.78 is 11.1. The zero-order valence-corrected chi connectivity index (χ0v) is 13.5. The lowest BCUT2D eigenvalue weighted by molar-refractivity contribution is 0.0937. The van der Waals surface area contributed by atoms with Crippen LogP contribution >= 0.6 is 15.9 Å². The van der Waals surface area contributed by atoms with Crippen molar-refractivity contribution in [3.63, 3.8) is 0 Å². The van der Waals surface area contributed by atoms with Gasteiger partial charge in [0.05, 0.1) is 12.7 Å². The molecule has 110 valence electrons. The average Bonchev–Trinajstić information content (AvgIpc) is 3.24. The van der Waals surface area contributed by atoms with Gasteiger partial charge in [-0.1, -0.05) is 0 Å². The monoisotopic (exact) mass is 341 g/mol. The summed E-state index contributed by atoms with van der Waals surface area (Å²) in [5.74, 6) is 0.610. The van der Waals surface area contributed by atoms with E-state index in [1.807, 2.05) is 12.1 Å². The Hall–Kier alpha value is -1.07. The normalized spacial score (nSPS) is 15.8. The molecule has 0 aromatic heterocycles. The van der Waals surface area contributed by atoms with E-state index < -0.39 is 0 Å².